The Hall–Kier alpha value is -1.68. The number of methoxy groups -OCH3 is 2. The number of benzene rings is 1. The molecule has 0 aliphatic carbocycles. The van der Waals surface area contributed by atoms with Crippen molar-refractivity contribution in [3.8, 4) is 11.6 Å². The Morgan fingerprint density at radius 1 is 1.38 bits per heavy atom. The van der Waals surface area contributed by atoms with Gasteiger partial charge in [0.1, 0.15) is 5.75 Å². The van der Waals surface area contributed by atoms with Crippen LogP contribution in [-0.2, 0) is 13.6 Å². The van der Waals surface area contributed by atoms with E-state index < -0.39 is 0 Å². The number of ether oxygens (including phenoxy) is 2. The van der Waals surface area contributed by atoms with Crippen LogP contribution in [-0.4, -0.2) is 30.0 Å². The molecule has 0 radical (unpaired) electrons. The summed E-state index contributed by atoms with van der Waals surface area (Å²) in [4.78, 5) is 4.32. The molecule has 2 rings (SSSR count). The molecule has 1 aromatic carbocycles. The Kier molecular flexibility index (Phi) is 7.61. The van der Waals surface area contributed by atoms with Crippen molar-refractivity contribution in [3.63, 3.8) is 0 Å². The van der Waals surface area contributed by atoms with E-state index in [1.165, 1.54) is 0 Å². The Morgan fingerprint density at radius 3 is 2.67 bits per heavy atom. The molecule has 7 nitrogen and oxygen atoms in total. The minimum absolute atomic E-state index is 0. The third kappa shape index (κ3) is 4.67. The van der Waals surface area contributed by atoms with Crippen molar-refractivity contribution in [1.82, 2.24) is 9.78 Å². The summed E-state index contributed by atoms with van der Waals surface area (Å²) in [6.45, 7) is 2.27. The topological polar surface area (TPSA) is 86.7 Å². The zero-order valence-corrected chi connectivity index (χ0v) is 17.0. The van der Waals surface area contributed by atoms with Crippen LogP contribution in [0.2, 0.25) is 5.02 Å². The average molecular weight is 466 g/mol. The van der Waals surface area contributed by atoms with Crippen LogP contribution in [0.4, 0.5) is 5.69 Å². The van der Waals surface area contributed by atoms with Crippen LogP contribution in [0.1, 0.15) is 11.3 Å². The second-order valence-electron chi connectivity index (χ2n) is 4.87. The number of nitrogens with one attached hydrogen (secondary N) is 1. The largest absolute Gasteiger partial charge is 0.495 e. The van der Waals surface area contributed by atoms with Crippen molar-refractivity contribution in [2.24, 2.45) is 17.8 Å². The fraction of sp³-hybridized carbons (Fsp3) is 0.333. The molecule has 0 fully saturated rings. The summed E-state index contributed by atoms with van der Waals surface area (Å²) in [6, 6.07) is 5.29. The summed E-state index contributed by atoms with van der Waals surface area (Å²) in [5.41, 5.74) is 8.40. The van der Waals surface area contributed by atoms with Gasteiger partial charge in [-0.1, -0.05) is 11.6 Å². The number of anilines is 1. The fourth-order valence-corrected chi connectivity index (χ4v) is 2.47. The lowest BCUT2D eigenvalue weighted by Crippen LogP contribution is -2.22. The molecule has 0 spiro atoms. The fourth-order valence-electron chi connectivity index (χ4n) is 2.21. The number of aryl methyl sites for hydroxylation is 2. The van der Waals surface area contributed by atoms with Gasteiger partial charge in [-0.05, 0) is 25.1 Å². The highest BCUT2D eigenvalue weighted by Crippen LogP contribution is 2.27. The van der Waals surface area contributed by atoms with Crippen LogP contribution in [0.15, 0.2) is 23.2 Å². The maximum atomic E-state index is 6.08. The van der Waals surface area contributed by atoms with Gasteiger partial charge in [-0.2, -0.15) is 5.10 Å². The zero-order chi connectivity index (χ0) is 17.0. The third-order valence-electron chi connectivity index (χ3n) is 3.31. The summed E-state index contributed by atoms with van der Waals surface area (Å²) in [7, 11) is 4.98. The first kappa shape index (κ1) is 20.4. The molecule has 0 saturated heterocycles. The molecule has 0 saturated carbocycles. The van der Waals surface area contributed by atoms with E-state index in [4.69, 9.17) is 26.8 Å². The van der Waals surface area contributed by atoms with Crippen molar-refractivity contribution in [3.05, 3.63) is 34.5 Å². The van der Waals surface area contributed by atoms with Gasteiger partial charge in [0, 0.05) is 12.7 Å². The first-order valence-electron chi connectivity index (χ1n) is 6.93. The van der Waals surface area contributed by atoms with E-state index in [1.807, 2.05) is 20.0 Å². The molecule has 0 amide bonds. The molecule has 24 heavy (non-hydrogen) atoms. The predicted molar refractivity (Wildman–Crippen MR) is 107 cm³/mol. The van der Waals surface area contributed by atoms with Gasteiger partial charge < -0.3 is 20.5 Å². The first-order valence-corrected chi connectivity index (χ1v) is 7.31. The molecule has 1 aromatic heterocycles. The van der Waals surface area contributed by atoms with Gasteiger partial charge in [0.05, 0.1) is 37.0 Å². The van der Waals surface area contributed by atoms with Crippen LogP contribution in [0.3, 0.4) is 0 Å². The SMILES string of the molecule is COc1ccc(NC(N)=NCc2c(C)nn(C)c2OC)cc1Cl.I. The van der Waals surface area contributed by atoms with Gasteiger partial charge in [-0.3, -0.25) is 0 Å². The molecular formula is C15H21ClIN5O2. The standard InChI is InChI=1S/C15H20ClN5O2.HI/c1-9-11(14(23-4)21(2)20-9)8-18-15(17)19-10-5-6-13(22-3)12(16)7-10;/h5-7H,8H2,1-4H3,(H3,17,18,19);1H. The molecular weight excluding hydrogens is 445 g/mol. The first-order chi connectivity index (χ1) is 11.0. The van der Waals surface area contributed by atoms with E-state index in [2.05, 4.69) is 15.4 Å². The summed E-state index contributed by atoms with van der Waals surface area (Å²) >= 11 is 6.08. The number of halogens is 2. The number of nitrogens with two attached hydrogens (primary N) is 1. The Labute approximate surface area is 163 Å². The molecule has 0 aliphatic rings. The van der Waals surface area contributed by atoms with Gasteiger partial charge >= 0.3 is 0 Å². The van der Waals surface area contributed by atoms with E-state index in [1.54, 1.807) is 31.0 Å². The minimum Gasteiger partial charge on any atom is -0.495 e. The van der Waals surface area contributed by atoms with E-state index in [-0.39, 0.29) is 29.9 Å². The second kappa shape index (κ2) is 8.97. The highest BCUT2D eigenvalue weighted by atomic mass is 127. The lowest BCUT2D eigenvalue weighted by Gasteiger charge is -2.08. The van der Waals surface area contributed by atoms with Crippen LogP contribution in [0.5, 0.6) is 11.6 Å². The molecule has 2 aromatic rings. The number of guanidine groups is 1. The molecule has 0 atom stereocenters. The zero-order valence-electron chi connectivity index (χ0n) is 14.0. The number of nitrogens with zero attached hydrogens (tertiary/aromatic N) is 3. The van der Waals surface area contributed by atoms with Crippen LogP contribution < -0.4 is 20.5 Å². The number of aromatic nitrogens is 2. The van der Waals surface area contributed by atoms with Crippen molar-refractivity contribution in [1.29, 1.82) is 0 Å². The van der Waals surface area contributed by atoms with E-state index in [9.17, 15) is 0 Å². The molecule has 0 unspecified atom stereocenters. The van der Waals surface area contributed by atoms with Crippen LogP contribution >= 0.6 is 35.6 Å². The monoisotopic (exact) mass is 465 g/mol. The molecule has 1 heterocycles. The van der Waals surface area contributed by atoms with Crippen LogP contribution in [0.25, 0.3) is 0 Å². The van der Waals surface area contributed by atoms with Crippen molar-refractivity contribution in [2.75, 3.05) is 19.5 Å². The van der Waals surface area contributed by atoms with Gasteiger partial charge in [-0.25, -0.2) is 9.67 Å². The summed E-state index contributed by atoms with van der Waals surface area (Å²) in [5, 5.41) is 7.79. The second-order valence-corrected chi connectivity index (χ2v) is 5.28. The summed E-state index contributed by atoms with van der Waals surface area (Å²) in [5.74, 6) is 1.55. The smallest absolute Gasteiger partial charge is 0.216 e. The molecule has 3 N–H and O–H groups in total. The lowest BCUT2D eigenvalue weighted by molar-refractivity contribution is 0.369. The number of rotatable bonds is 5. The third-order valence-corrected chi connectivity index (χ3v) is 3.61. The predicted octanol–water partition coefficient (Wildman–Crippen LogP) is 2.94. The van der Waals surface area contributed by atoms with E-state index in [0.717, 1.165) is 16.9 Å². The molecule has 0 bridgehead atoms. The van der Waals surface area contributed by atoms with E-state index in [0.29, 0.717) is 23.2 Å². The van der Waals surface area contributed by atoms with Gasteiger partial charge in [-0.15, -0.1) is 24.0 Å². The summed E-state index contributed by atoms with van der Waals surface area (Å²) in [6.07, 6.45) is 0. The Bertz CT molecular complexity index is 733. The maximum absolute atomic E-state index is 6.08. The number of hydrogen-bond acceptors (Lipinski definition) is 4. The van der Waals surface area contributed by atoms with Crippen LogP contribution in [0, 0.1) is 6.92 Å². The van der Waals surface area contributed by atoms with Gasteiger partial charge in [0.15, 0.2) is 5.96 Å². The van der Waals surface area contributed by atoms with E-state index >= 15 is 0 Å². The molecule has 9 heteroatoms. The molecule has 132 valence electrons. The molecule has 0 aliphatic heterocycles. The van der Waals surface area contributed by atoms with Gasteiger partial charge in [0.25, 0.3) is 0 Å². The number of aliphatic imine (C=N–C) groups is 1. The van der Waals surface area contributed by atoms with Crippen molar-refractivity contribution >= 4 is 47.2 Å². The highest BCUT2D eigenvalue weighted by Gasteiger charge is 2.13. The average Bonchev–Trinajstić information content (AvgIpc) is 2.78. The van der Waals surface area contributed by atoms with Crippen molar-refractivity contribution in [2.45, 2.75) is 13.5 Å². The lowest BCUT2D eigenvalue weighted by atomic mass is 10.2. The Morgan fingerprint density at radius 2 is 2.08 bits per heavy atom. The maximum Gasteiger partial charge on any atom is 0.216 e. The quantitative estimate of drug-likeness (QED) is 0.403. The van der Waals surface area contributed by atoms with Gasteiger partial charge in [0.2, 0.25) is 5.88 Å². The summed E-state index contributed by atoms with van der Waals surface area (Å²) < 4.78 is 12.1. The van der Waals surface area contributed by atoms with Crippen molar-refractivity contribution < 1.29 is 9.47 Å². The number of hydrogen-bond donors (Lipinski definition) is 2. The normalized spacial score (nSPS) is 11.0. The Balaban J connectivity index is 0.00000288. The minimum atomic E-state index is 0. The highest BCUT2D eigenvalue weighted by molar-refractivity contribution is 14.0.